The molecule has 0 saturated carbocycles. The Kier molecular flexibility index (Phi) is 2.97. The molecule has 0 aliphatic heterocycles. The lowest BCUT2D eigenvalue weighted by Gasteiger charge is -2.08. The van der Waals surface area contributed by atoms with Gasteiger partial charge in [-0.05, 0) is 49.4 Å². The molecule has 0 spiro atoms. The van der Waals surface area contributed by atoms with Gasteiger partial charge in [0.05, 0.1) is 12.2 Å². The smallest absolute Gasteiger partial charge is 0.126 e. The summed E-state index contributed by atoms with van der Waals surface area (Å²) in [5, 5.41) is 3.36. The van der Waals surface area contributed by atoms with E-state index in [1.54, 1.807) is 0 Å². The first kappa shape index (κ1) is 11.2. The Morgan fingerprint density at radius 2 is 2.17 bits per heavy atom. The number of nitrogens with zero attached hydrogens (tertiary/aromatic N) is 2. The van der Waals surface area contributed by atoms with Gasteiger partial charge in [0.25, 0.3) is 0 Å². The maximum Gasteiger partial charge on any atom is 0.126 e. The van der Waals surface area contributed by atoms with E-state index in [0.717, 1.165) is 24.5 Å². The Labute approximate surface area is 107 Å². The Morgan fingerprint density at radius 3 is 3.06 bits per heavy atom. The third-order valence-electron chi connectivity index (χ3n) is 3.48. The first-order valence-electron chi connectivity index (χ1n) is 6.46. The molecule has 2 aromatic heterocycles. The van der Waals surface area contributed by atoms with E-state index in [4.69, 9.17) is 0 Å². The SMILES string of the molecule is Cc1cccnc1CNc1ccc2c(n1)CCC2. The predicted octanol–water partition coefficient (Wildman–Crippen LogP) is 2.89. The molecular formula is C15H17N3. The van der Waals surface area contributed by atoms with Crippen LogP contribution >= 0.6 is 0 Å². The molecule has 3 heteroatoms. The zero-order chi connectivity index (χ0) is 12.4. The Bertz CT molecular complexity index is 563. The number of pyridine rings is 2. The van der Waals surface area contributed by atoms with E-state index < -0.39 is 0 Å². The van der Waals surface area contributed by atoms with E-state index in [-0.39, 0.29) is 0 Å². The summed E-state index contributed by atoms with van der Waals surface area (Å²) in [4.78, 5) is 9.03. The van der Waals surface area contributed by atoms with Crippen LogP contribution < -0.4 is 5.32 Å². The summed E-state index contributed by atoms with van der Waals surface area (Å²) in [6, 6.07) is 8.32. The average molecular weight is 239 g/mol. The number of anilines is 1. The van der Waals surface area contributed by atoms with Crippen molar-refractivity contribution in [3.63, 3.8) is 0 Å². The minimum atomic E-state index is 0.735. The lowest BCUT2D eigenvalue weighted by atomic mass is 10.2. The van der Waals surface area contributed by atoms with E-state index in [0.29, 0.717) is 0 Å². The summed E-state index contributed by atoms with van der Waals surface area (Å²) in [5.74, 6) is 0.959. The van der Waals surface area contributed by atoms with Crippen molar-refractivity contribution in [2.75, 3.05) is 5.32 Å². The van der Waals surface area contributed by atoms with Crippen molar-refractivity contribution >= 4 is 5.82 Å². The van der Waals surface area contributed by atoms with Gasteiger partial charge in [0.2, 0.25) is 0 Å². The van der Waals surface area contributed by atoms with Crippen LogP contribution in [-0.2, 0) is 19.4 Å². The number of aromatic nitrogens is 2. The maximum absolute atomic E-state index is 4.66. The highest BCUT2D eigenvalue weighted by Crippen LogP contribution is 2.21. The van der Waals surface area contributed by atoms with Crippen molar-refractivity contribution in [1.29, 1.82) is 0 Å². The molecule has 18 heavy (non-hydrogen) atoms. The Hall–Kier alpha value is -1.90. The monoisotopic (exact) mass is 239 g/mol. The van der Waals surface area contributed by atoms with Crippen LogP contribution in [-0.4, -0.2) is 9.97 Å². The van der Waals surface area contributed by atoms with Gasteiger partial charge in [-0.15, -0.1) is 0 Å². The summed E-state index contributed by atoms with van der Waals surface area (Å²) in [6.07, 6.45) is 5.38. The molecular weight excluding hydrogens is 222 g/mol. The van der Waals surface area contributed by atoms with Crippen molar-refractivity contribution in [2.24, 2.45) is 0 Å². The molecule has 0 aromatic carbocycles. The molecule has 1 aliphatic carbocycles. The molecule has 3 nitrogen and oxygen atoms in total. The van der Waals surface area contributed by atoms with E-state index in [9.17, 15) is 0 Å². The molecule has 0 unspecified atom stereocenters. The molecule has 3 rings (SSSR count). The van der Waals surface area contributed by atoms with E-state index in [1.165, 1.54) is 29.7 Å². The predicted molar refractivity (Wildman–Crippen MR) is 72.6 cm³/mol. The van der Waals surface area contributed by atoms with E-state index >= 15 is 0 Å². The van der Waals surface area contributed by atoms with Crippen LogP contribution in [0.2, 0.25) is 0 Å². The van der Waals surface area contributed by atoms with Crippen LogP contribution in [0.1, 0.15) is 28.9 Å². The highest BCUT2D eigenvalue weighted by atomic mass is 15.0. The summed E-state index contributed by atoms with van der Waals surface area (Å²) < 4.78 is 0. The summed E-state index contributed by atoms with van der Waals surface area (Å²) in [5.41, 5.74) is 4.97. The second kappa shape index (κ2) is 4.77. The molecule has 92 valence electrons. The van der Waals surface area contributed by atoms with E-state index in [1.807, 2.05) is 12.3 Å². The summed E-state index contributed by atoms with van der Waals surface area (Å²) >= 11 is 0. The fourth-order valence-electron chi connectivity index (χ4n) is 2.40. The zero-order valence-electron chi connectivity index (χ0n) is 10.6. The Balaban J connectivity index is 1.72. The van der Waals surface area contributed by atoms with Gasteiger partial charge in [0.15, 0.2) is 0 Å². The van der Waals surface area contributed by atoms with Crippen molar-refractivity contribution in [2.45, 2.75) is 32.7 Å². The van der Waals surface area contributed by atoms with Crippen molar-refractivity contribution in [3.8, 4) is 0 Å². The van der Waals surface area contributed by atoms with Gasteiger partial charge < -0.3 is 5.32 Å². The molecule has 0 atom stereocenters. The summed E-state index contributed by atoms with van der Waals surface area (Å²) in [6.45, 7) is 2.82. The van der Waals surface area contributed by atoms with Gasteiger partial charge in [-0.2, -0.15) is 0 Å². The lowest BCUT2D eigenvalue weighted by Crippen LogP contribution is -2.05. The second-order valence-corrected chi connectivity index (χ2v) is 4.78. The third-order valence-corrected chi connectivity index (χ3v) is 3.48. The molecule has 2 heterocycles. The van der Waals surface area contributed by atoms with Crippen LogP contribution in [0.15, 0.2) is 30.5 Å². The number of fused-ring (bicyclic) bond motifs is 1. The normalized spacial score (nSPS) is 13.4. The van der Waals surface area contributed by atoms with Gasteiger partial charge in [0.1, 0.15) is 5.82 Å². The maximum atomic E-state index is 4.66. The van der Waals surface area contributed by atoms with Gasteiger partial charge in [-0.1, -0.05) is 12.1 Å². The molecule has 2 aromatic rings. The fourth-order valence-corrected chi connectivity index (χ4v) is 2.40. The minimum Gasteiger partial charge on any atom is -0.364 e. The quantitative estimate of drug-likeness (QED) is 0.895. The molecule has 0 saturated heterocycles. The third kappa shape index (κ3) is 2.21. The molecule has 1 N–H and O–H groups in total. The van der Waals surface area contributed by atoms with Crippen LogP contribution in [0.25, 0.3) is 0 Å². The number of hydrogen-bond donors (Lipinski definition) is 1. The molecule has 0 radical (unpaired) electrons. The van der Waals surface area contributed by atoms with Crippen LogP contribution in [0, 0.1) is 6.92 Å². The van der Waals surface area contributed by atoms with Gasteiger partial charge in [0, 0.05) is 11.9 Å². The lowest BCUT2D eigenvalue weighted by molar-refractivity contribution is 0.898. The second-order valence-electron chi connectivity index (χ2n) is 4.78. The highest BCUT2D eigenvalue weighted by molar-refractivity contribution is 5.41. The topological polar surface area (TPSA) is 37.8 Å². The van der Waals surface area contributed by atoms with E-state index in [2.05, 4.69) is 40.4 Å². The largest absolute Gasteiger partial charge is 0.364 e. The number of hydrogen-bond acceptors (Lipinski definition) is 3. The Morgan fingerprint density at radius 1 is 1.22 bits per heavy atom. The van der Waals surface area contributed by atoms with Crippen LogP contribution in [0.4, 0.5) is 5.82 Å². The van der Waals surface area contributed by atoms with Crippen LogP contribution in [0.5, 0.6) is 0 Å². The zero-order valence-corrected chi connectivity index (χ0v) is 10.6. The fraction of sp³-hybridized carbons (Fsp3) is 0.333. The number of rotatable bonds is 3. The minimum absolute atomic E-state index is 0.735. The standard InChI is InChI=1S/C15H17N3/c1-11-4-3-9-16-14(11)10-17-15-8-7-12-5-2-6-13(12)18-15/h3-4,7-9H,2,5-6,10H2,1H3,(H,17,18). The first-order valence-corrected chi connectivity index (χ1v) is 6.46. The molecule has 0 amide bonds. The van der Waals surface area contributed by atoms with Crippen molar-refractivity contribution in [3.05, 3.63) is 53.0 Å². The molecule has 1 aliphatic rings. The summed E-state index contributed by atoms with van der Waals surface area (Å²) in [7, 11) is 0. The van der Waals surface area contributed by atoms with Crippen molar-refractivity contribution < 1.29 is 0 Å². The van der Waals surface area contributed by atoms with Crippen LogP contribution in [0.3, 0.4) is 0 Å². The number of aryl methyl sites for hydroxylation is 3. The molecule has 0 fully saturated rings. The first-order chi connectivity index (χ1) is 8.83. The van der Waals surface area contributed by atoms with Gasteiger partial charge in [-0.25, -0.2) is 4.98 Å². The highest BCUT2D eigenvalue weighted by Gasteiger charge is 2.12. The number of nitrogens with one attached hydrogen (secondary N) is 1. The van der Waals surface area contributed by atoms with Gasteiger partial charge in [-0.3, -0.25) is 4.98 Å². The average Bonchev–Trinajstić information content (AvgIpc) is 2.85. The van der Waals surface area contributed by atoms with Crippen molar-refractivity contribution in [1.82, 2.24) is 9.97 Å². The molecule has 0 bridgehead atoms. The van der Waals surface area contributed by atoms with Gasteiger partial charge >= 0.3 is 0 Å².